The summed E-state index contributed by atoms with van der Waals surface area (Å²) < 4.78 is 39.1. The smallest absolute Gasteiger partial charge is 0.330 e. The number of aryl methyl sites for hydroxylation is 1. The molecule has 18 heteroatoms. The van der Waals surface area contributed by atoms with Crippen LogP contribution in [0.5, 0.6) is 23.0 Å². The number of esters is 7. The lowest BCUT2D eigenvalue weighted by Crippen LogP contribution is -2.31. The number of fused-ring (bicyclic) bond motifs is 1. The van der Waals surface area contributed by atoms with E-state index in [1.54, 1.807) is 75.4 Å². The molecule has 0 unspecified atom stereocenters. The quantitative estimate of drug-likeness (QED) is 0.0273. The molecule has 3 aliphatic rings. The van der Waals surface area contributed by atoms with Crippen LogP contribution in [0.15, 0.2) is 93.0 Å². The van der Waals surface area contributed by atoms with E-state index in [9.17, 15) is 38.8 Å². The summed E-state index contributed by atoms with van der Waals surface area (Å²) in [4.78, 5) is 93.2. The molecule has 0 aromatic heterocycles. The molecule has 0 amide bonds. The normalized spacial score (nSPS) is 19.0. The average Bonchev–Trinajstić information content (AvgIpc) is 3.82. The molecule has 3 aromatic rings. The van der Waals surface area contributed by atoms with Crippen molar-refractivity contribution in [1.29, 1.82) is 5.26 Å². The van der Waals surface area contributed by atoms with E-state index in [0.29, 0.717) is 88.9 Å². The summed E-state index contributed by atoms with van der Waals surface area (Å²) in [6.07, 6.45) is 4.41. The maximum absolute atomic E-state index is 13.7. The maximum atomic E-state index is 13.7. The molecule has 3 aromatic carbocycles. The molecular weight excluding hydrogens is 953 g/mol. The van der Waals surface area contributed by atoms with Crippen LogP contribution in [-0.4, -0.2) is 61.6 Å². The summed E-state index contributed by atoms with van der Waals surface area (Å²) in [6, 6.07) is 19.1. The standard InChI is InChI=1S/C53H54N2O14S2/c1-6-42(56)64-30-53(3,4)31-65-44(58)25-24-43(57)63-27-26-33-12-22-39(23-13-33)67-49(60)35-16-20-37(21-17-35)51(62)69-45-32(2)28-41(46-47(45)71-52(70-46)40(29-54)55-5)68-50(61)36-18-14-34(15-19-36)48(59)66-38-10-8-7-9-11-38/h6-13,22-23,28,34-37H,1,14-21,24-27,30-31H2,2-4H3/b52-40+. The van der Waals surface area contributed by atoms with Gasteiger partial charge in [-0.25, -0.2) is 14.9 Å². The zero-order valence-electron chi connectivity index (χ0n) is 39.7. The minimum Gasteiger partial charge on any atom is -0.465 e. The van der Waals surface area contributed by atoms with Crippen molar-refractivity contribution in [2.45, 2.75) is 101 Å². The van der Waals surface area contributed by atoms with Gasteiger partial charge in [0.05, 0.1) is 83.0 Å². The van der Waals surface area contributed by atoms with Crippen molar-refractivity contribution in [3.63, 3.8) is 0 Å². The number of ether oxygens (including phenoxy) is 7. The van der Waals surface area contributed by atoms with Gasteiger partial charge in [0.2, 0.25) is 0 Å². The van der Waals surface area contributed by atoms with Crippen molar-refractivity contribution in [3.05, 3.63) is 106 Å². The molecule has 0 N–H and O–H groups in total. The van der Waals surface area contributed by atoms with E-state index in [0.717, 1.165) is 35.2 Å². The third kappa shape index (κ3) is 15.3. The lowest BCUT2D eigenvalue weighted by molar-refractivity contribution is -0.154. The van der Waals surface area contributed by atoms with Crippen LogP contribution in [-0.2, 0) is 54.2 Å². The summed E-state index contributed by atoms with van der Waals surface area (Å²) in [5.74, 6) is -3.94. The number of carbonyl (C=O) groups excluding carboxylic acids is 7. The van der Waals surface area contributed by atoms with E-state index in [1.165, 1.54) is 0 Å². The summed E-state index contributed by atoms with van der Waals surface area (Å²) >= 11 is 2.20. The predicted octanol–water partition coefficient (Wildman–Crippen LogP) is 9.60. The van der Waals surface area contributed by atoms with Crippen LogP contribution in [0.3, 0.4) is 0 Å². The number of para-hydroxylation sites is 1. The summed E-state index contributed by atoms with van der Waals surface area (Å²) in [5, 5.41) is 9.69. The number of allylic oxidation sites excluding steroid dienone is 1. The van der Waals surface area contributed by atoms with Crippen molar-refractivity contribution in [3.8, 4) is 29.1 Å². The van der Waals surface area contributed by atoms with Gasteiger partial charge in [0.15, 0.2) is 0 Å². The fourth-order valence-corrected chi connectivity index (χ4v) is 10.5. The Morgan fingerprint density at radius 2 is 1.20 bits per heavy atom. The zero-order chi connectivity index (χ0) is 51.1. The van der Waals surface area contributed by atoms with Crippen LogP contribution in [0.2, 0.25) is 0 Å². The van der Waals surface area contributed by atoms with Gasteiger partial charge in [-0.1, -0.05) is 74.3 Å². The number of hydrogen-bond acceptors (Lipinski definition) is 17. The number of nitriles is 1. The highest BCUT2D eigenvalue weighted by Crippen LogP contribution is 2.60. The Kier molecular flexibility index (Phi) is 19.0. The van der Waals surface area contributed by atoms with E-state index in [-0.39, 0.29) is 61.7 Å². The van der Waals surface area contributed by atoms with E-state index in [2.05, 4.69) is 11.4 Å². The van der Waals surface area contributed by atoms with Crippen LogP contribution in [0.1, 0.15) is 89.2 Å². The lowest BCUT2D eigenvalue weighted by Gasteiger charge is -2.27. The Balaban J connectivity index is 0.947. The predicted molar refractivity (Wildman–Crippen MR) is 258 cm³/mol. The molecule has 0 saturated heterocycles. The largest absolute Gasteiger partial charge is 0.465 e. The molecule has 372 valence electrons. The second-order valence-electron chi connectivity index (χ2n) is 18.1. The molecule has 6 rings (SSSR count). The van der Waals surface area contributed by atoms with Crippen molar-refractivity contribution < 1.29 is 66.7 Å². The first-order valence-corrected chi connectivity index (χ1v) is 24.9. The van der Waals surface area contributed by atoms with Gasteiger partial charge >= 0.3 is 41.8 Å². The molecular formula is C53H54N2O14S2. The minimum atomic E-state index is -0.619. The van der Waals surface area contributed by atoms with Gasteiger partial charge in [-0.15, -0.1) is 0 Å². The van der Waals surface area contributed by atoms with Gasteiger partial charge in [-0.3, -0.25) is 28.8 Å². The molecule has 0 bridgehead atoms. The fourth-order valence-electron chi connectivity index (χ4n) is 7.92. The average molecular weight is 1010 g/mol. The number of hydrogen-bond donors (Lipinski definition) is 0. The number of rotatable bonds is 19. The Morgan fingerprint density at radius 3 is 1.73 bits per heavy atom. The number of carbonyl (C=O) groups is 7. The monoisotopic (exact) mass is 1010 g/mol. The molecule has 2 aliphatic carbocycles. The van der Waals surface area contributed by atoms with E-state index >= 15 is 0 Å². The number of benzene rings is 3. The molecule has 1 heterocycles. The Bertz CT molecular complexity index is 2600. The lowest BCUT2D eigenvalue weighted by atomic mass is 9.82. The fraction of sp³-hybridized carbons (Fsp3) is 0.415. The highest BCUT2D eigenvalue weighted by Gasteiger charge is 2.37. The van der Waals surface area contributed by atoms with Crippen LogP contribution in [0.4, 0.5) is 0 Å². The maximum Gasteiger partial charge on any atom is 0.330 e. The zero-order valence-corrected chi connectivity index (χ0v) is 41.3. The first-order chi connectivity index (χ1) is 34.1. The van der Waals surface area contributed by atoms with E-state index < -0.39 is 59.0 Å². The van der Waals surface area contributed by atoms with Crippen LogP contribution >= 0.6 is 23.5 Å². The van der Waals surface area contributed by atoms with E-state index in [4.69, 9.17) is 39.7 Å². The SMILES string of the molecule is [C-]#[N+]/C(C#N)=C1\Sc2c(OC(=O)C3CCC(C(=O)Oc4ccccc4)CC3)cc(C)c(OC(=O)C3CCC(C(=O)Oc4ccc(CCOC(=O)CCC(=O)OCC(C)(C)COC(=O)C=C)cc4)CC3)c2S1. The molecule has 0 radical (unpaired) electrons. The van der Waals surface area contributed by atoms with Crippen molar-refractivity contribution in [1.82, 2.24) is 0 Å². The highest BCUT2D eigenvalue weighted by atomic mass is 32.2. The summed E-state index contributed by atoms with van der Waals surface area (Å²) in [7, 11) is 0. The minimum absolute atomic E-state index is 0.00161. The number of thioether (sulfide) groups is 2. The Hall–Kier alpha value is -6.89. The van der Waals surface area contributed by atoms with Gasteiger partial charge in [0, 0.05) is 17.9 Å². The van der Waals surface area contributed by atoms with Gasteiger partial charge in [-0.2, -0.15) is 0 Å². The van der Waals surface area contributed by atoms with Crippen LogP contribution in [0.25, 0.3) is 4.85 Å². The topological polar surface area (TPSA) is 212 Å². The van der Waals surface area contributed by atoms with Crippen LogP contribution in [0, 0.1) is 53.9 Å². The Morgan fingerprint density at radius 1 is 0.704 bits per heavy atom. The summed E-state index contributed by atoms with van der Waals surface area (Å²) in [5.41, 5.74) is 0.563. The van der Waals surface area contributed by atoms with Crippen LogP contribution < -0.4 is 18.9 Å². The molecule has 16 nitrogen and oxygen atoms in total. The molecule has 1 aliphatic heterocycles. The third-order valence-electron chi connectivity index (χ3n) is 12.0. The molecule has 2 saturated carbocycles. The first-order valence-electron chi connectivity index (χ1n) is 23.2. The third-order valence-corrected chi connectivity index (χ3v) is 14.6. The molecule has 71 heavy (non-hydrogen) atoms. The molecule has 2 fully saturated rings. The molecule has 0 spiro atoms. The number of nitrogens with zero attached hydrogens (tertiary/aromatic N) is 2. The van der Waals surface area contributed by atoms with Gasteiger partial charge in [-0.05, 0) is 99.7 Å². The Labute approximate surface area is 420 Å². The van der Waals surface area contributed by atoms with Crippen molar-refractivity contribution in [2.24, 2.45) is 29.1 Å². The van der Waals surface area contributed by atoms with Crippen molar-refractivity contribution in [2.75, 3.05) is 19.8 Å². The van der Waals surface area contributed by atoms with Crippen molar-refractivity contribution >= 4 is 65.3 Å². The second kappa shape index (κ2) is 25.3. The van der Waals surface area contributed by atoms with Gasteiger partial charge in [0.1, 0.15) is 23.0 Å². The van der Waals surface area contributed by atoms with E-state index in [1.807, 2.05) is 12.1 Å². The summed E-state index contributed by atoms with van der Waals surface area (Å²) in [6.45, 7) is 16.2. The second-order valence-corrected chi connectivity index (χ2v) is 20.4. The first kappa shape index (κ1) is 53.5. The van der Waals surface area contributed by atoms with Gasteiger partial charge in [0.25, 0.3) is 5.70 Å². The highest BCUT2D eigenvalue weighted by molar-refractivity contribution is 8.24. The molecule has 0 atom stereocenters. The van der Waals surface area contributed by atoms with Gasteiger partial charge < -0.3 is 33.2 Å².